The number of nitrogens with two attached hydrogens (primary N) is 2. The first-order valence-electron chi connectivity index (χ1n) is 11.4. The first-order chi connectivity index (χ1) is 15.5. The van der Waals surface area contributed by atoms with Crippen LogP contribution < -0.4 is 25.8 Å². The molecular formula is C24H33N5O3. The lowest BCUT2D eigenvalue weighted by atomic mass is 9.98. The highest BCUT2D eigenvalue weighted by Gasteiger charge is 2.23. The molecule has 0 unspecified atom stereocenters. The molecule has 0 bridgehead atoms. The van der Waals surface area contributed by atoms with Crippen LogP contribution in [0.25, 0.3) is 5.70 Å². The van der Waals surface area contributed by atoms with Crippen LogP contribution in [0.3, 0.4) is 0 Å². The van der Waals surface area contributed by atoms with Crippen molar-refractivity contribution in [3.05, 3.63) is 47.5 Å². The van der Waals surface area contributed by atoms with Crippen LogP contribution in [-0.4, -0.2) is 40.8 Å². The van der Waals surface area contributed by atoms with E-state index in [2.05, 4.69) is 9.97 Å². The zero-order valence-corrected chi connectivity index (χ0v) is 18.9. The molecule has 2 aliphatic carbocycles. The van der Waals surface area contributed by atoms with Crippen LogP contribution in [-0.2, 0) is 0 Å². The number of pyridine rings is 2. The van der Waals surface area contributed by atoms with E-state index in [0.29, 0.717) is 29.1 Å². The number of hydrogen-bond donors (Lipinski definition) is 2. The summed E-state index contributed by atoms with van der Waals surface area (Å²) in [5.41, 5.74) is 8.94. The van der Waals surface area contributed by atoms with E-state index in [4.69, 9.17) is 25.8 Å². The molecule has 172 valence electrons. The van der Waals surface area contributed by atoms with Crippen LogP contribution in [0, 0.1) is 6.92 Å². The summed E-state index contributed by atoms with van der Waals surface area (Å²) >= 11 is 0. The molecule has 2 saturated carbocycles. The fourth-order valence-electron chi connectivity index (χ4n) is 3.77. The van der Waals surface area contributed by atoms with Crippen molar-refractivity contribution in [1.29, 1.82) is 0 Å². The Hall–Kier alpha value is -3.00. The molecule has 0 radical (unpaired) electrons. The topological polar surface area (TPSA) is 109 Å². The third kappa shape index (κ3) is 5.82. The molecule has 2 heterocycles. The van der Waals surface area contributed by atoms with Crippen LogP contribution in [0.15, 0.2) is 36.2 Å². The van der Waals surface area contributed by atoms with Crippen molar-refractivity contribution >= 4 is 5.70 Å². The van der Waals surface area contributed by atoms with E-state index in [-0.39, 0.29) is 12.7 Å². The molecule has 8 nitrogen and oxygen atoms in total. The molecule has 0 aromatic carbocycles. The summed E-state index contributed by atoms with van der Waals surface area (Å²) in [7, 11) is 1.72. The van der Waals surface area contributed by atoms with Gasteiger partial charge in [0.15, 0.2) is 0 Å². The molecule has 0 amide bonds. The summed E-state index contributed by atoms with van der Waals surface area (Å²) in [6, 6.07) is 7.41. The van der Waals surface area contributed by atoms with Crippen molar-refractivity contribution in [3.8, 4) is 17.4 Å². The van der Waals surface area contributed by atoms with Gasteiger partial charge in [0.1, 0.15) is 18.1 Å². The summed E-state index contributed by atoms with van der Waals surface area (Å²) in [4.78, 5) is 8.92. The Kier molecular flexibility index (Phi) is 6.99. The number of rotatable bonds is 9. The van der Waals surface area contributed by atoms with Crippen LogP contribution in [0.1, 0.15) is 56.3 Å². The number of aryl methyl sites for hydroxylation is 1. The van der Waals surface area contributed by atoms with E-state index < -0.39 is 0 Å². The zero-order valence-electron chi connectivity index (χ0n) is 18.9. The van der Waals surface area contributed by atoms with Gasteiger partial charge in [0.2, 0.25) is 5.88 Å². The van der Waals surface area contributed by atoms with Gasteiger partial charge in [0.05, 0.1) is 35.0 Å². The maximum Gasteiger partial charge on any atom is 0.217 e. The van der Waals surface area contributed by atoms with Gasteiger partial charge in [-0.3, -0.25) is 0 Å². The minimum Gasteiger partial charge on any atom is -0.490 e. The Morgan fingerprint density at radius 2 is 1.81 bits per heavy atom. The molecular weight excluding hydrogens is 406 g/mol. The first-order valence-corrected chi connectivity index (χ1v) is 11.4. The van der Waals surface area contributed by atoms with E-state index in [1.807, 2.05) is 25.1 Å². The number of likely N-dealkylation sites (N-methyl/N-ethyl adjacent to an activating group) is 1. The SMILES string of the molecule is Cc1nc(/C(N)=C(\COc2cc(OC3CC3)ccn2)N(C)N)ccc1OC1CCCCC1. The fraction of sp³-hybridized carbons (Fsp3) is 0.500. The largest absolute Gasteiger partial charge is 0.490 e. The van der Waals surface area contributed by atoms with E-state index >= 15 is 0 Å². The average Bonchev–Trinajstić information content (AvgIpc) is 3.60. The molecule has 0 aliphatic heterocycles. The predicted octanol–water partition coefficient (Wildman–Crippen LogP) is 3.55. The lowest BCUT2D eigenvalue weighted by Crippen LogP contribution is -2.31. The number of nitrogens with zero attached hydrogens (tertiary/aromatic N) is 3. The van der Waals surface area contributed by atoms with Gasteiger partial charge in [-0.1, -0.05) is 6.42 Å². The maximum atomic E-state index is 6.44. The second-order valence-corrected chi connectivity index (χ2v) is 8.56. The maximum absolute atomic E-state index is 6.44. The Balaban J connectivity index is 1.45. The molecule has 2 aromatic rings. The summed E-state index contributed by atoms with van der Waals surface area (Å²) in [6.45, 7) is 2.09. The highest BCUT2D eigenvalue weighted by atomic mass is 16.5. The summed E-state index contributed by atoms with van der Waals surface area (Å²) in [5, 5.41) is 1.45. The predicted molar refractivity (Wildman–Crippen MR) is 123 cm³/mol. The van der Waals surface area contributed by atoms with Gasteiger partial charge in [-0.25, -0.2) is 15.8 Å². The molecule has 4 N–H and O–H groups in total. The monoisotopic (exact) mass is 439 g/mol. The van der Waals surface area contributed by atoms with Gasteiger partial charge >= 0.3 is 0 Å². The Bertz CT molecular complexity index is 952. The van der Waals surface area contributed by atoms with Gasteiger partial charge in [0, 0.05) is 19.3 Å². The number of hydrazine groups is 1. The van der Waals surface area contributed by atoms with Crippen molar-refractivity contribution in [2.45, 2.75) is 64.1 Å². The highest BCUT2D eigenvalue weighted by molar-refractivity contribution is 5.63. The van der Waals surface area contributed by atoms with Gasteiger partial charge in [-0.2, -0.15) is 0 Å². The third-order valence-electron chi connectivity index (χ3n) is 5.79. The minimum absolute atomic E-state index is 0.153. The fourth-order valence-corrected chi connectivity index (χ4v) is 3.77. The number of aromatic nitrogens is 2. The lowest BCUT2D eigenvalue weighted by molar-refractivity contribution is 0.153. The van der Waals surface area contributed by atoms with Crippen molar-refractivity contribution in [2.24, 2.45) is 11.6 Å². The molecule has 0 atom stereocenters. The normalized spacial score (nSPS) is 17.5. The van der Waals surface area contributed by atoms with Gasteiger partial charge < -0.3 is 25.0 Å². The van der Waals surface area contributed by atoms with Crippen LogP contribution >= 0.6 is 0 Å². The minimum atomic E-state index is 0.153. The molecule has 0 spiro atoms. The average molecular weight is 440 g/mol. The van der Waals surface area contributed by atoms with E-state index in [9.17, 15) is 0 Å². The highest BCUT2D eigenvalue weighted by Crippen LogP contribution is 2.29. The van der Waals surface area contributed by atoms with Crippen molar-refractivity contribution < 1.29 is 14.2 Å². The molecule has 2 aliphatic rings. The van der Waals surface area contributed by atoms with E-state index in [0.717, 1.165) is 42.9 Å². The molecule has 4 rings (SSSR count). The molecule has 8 heteroatoms. The smallest absolute Gasteiger partial charge is 0.217 e. The molecule has 2 fully saturated rings. The lowest BCUT2D eigenvalue weighted by Gasteiger charge is -2.24. The van der Waals surface area contributed by atoms with E-state index in [1.54, 1.807) is 19.3 Å². The third-order valence-corrected chi connectivity index (χ3v) is 5.79. The Morgan fingerprint density at radius 1 is 1.06 bits per heavy atom. The molecule has 2 aromatic heterocycles. The quantitative estimate of drug-likeness (QED) is 0.451. The summed E-state index contributed by atoms with van der Waals surface area (Å²) in [6.07, 6.45) is 10.4. The standard InChI is InChI=1S/C24H33N5O3/c1-16-22(32-17-6-4-3-5-7-17)11-10-20(28-16)24(25)21(29(2)26)15-30-23-14-19(12-13-27-23)31-18-8-9-18/h10-14,17-18H,3-9,15,25-26H2,1-2H3/b24-21-. The second kappa shape index (κ2) is 10.1. The molecule has 32 heavy (non-hydrogen) atoms. The Labute approximate surface area is 189 Å². The van der Waals surface area contributed by atoms with Crippen LogP contribution in [0.5, 0.6) is 17.4 Å². The Morgan fingerprint density at radius 3 is 2.50 bits per heavy atom. The van der Waals surface area contributed by atoms with Gasteiger partial charge in [-0.05, 0) is 63.6 Å². The van der Waals surface area contributed by atoms with Crippen LogP contribution in [0.2, 0.25) is 0 Å². The van der Waals surface area contributed by atoms with Gasteiger partial charge in [0.25, 0.3) is 0 Å². The van der Waals surface area contributed by atoms with Crippen molar-refractivity contribution in [3.63, 3.8) is 0 Å². The van der Waals surface area contributed by atoms with Crippen LogP contribution in [0.4, 0.5) is 0 Å². The molecule has 0 saturated heterocycles. The van der Waals surface area contributed by atoms with Gasteiger partial charge in [-0.15, -0.1) is 0 Å². The summed E-state index contributed by atoms with van der Waals surface area (Å²) < 4.78 is 17.8. The summed E-state index contributed by atoms with van der Waals surface area (Å²) in [5.74, 6) is 8.07. The second-order valence-electron chi connectivity index (χ2n) is 8.56. The number of ether oxygens (including phenoxy) is 3. The van der Waals surface area contributed by atoms with Crippen molar-refractivity contribution in [2.75, 3.05) is 13.7 Å². The zero-order chi connectivity index (χ0) is 22.5. The number of hydrogen-bond acceptors (Lipinski definition) is 8. The van der Waals surface area contributed by atoms with Crippen molar-refractivity contribution in [1.82, 2.24) is 15.0 Å². The first kappa shape index (κ1) is 22.2. The van der Waals surface area contributed by atoms with E-state index in [1.165, 1.54) is 24.3 Å².